The first-order valence-electron chi connectivity index (χ1n) is 8.14. The third-order valence-electron chi connectivity index (χ3n) is 4.03. The number of quaternary nitrogens is 1. The molecule has 1 saturated heterocycles. The minimum absolute atomic E-state index is 0.0858. The van der Waals surface area contributed by atoms with Crippen LogP contribution < -0.4 is 10.2 Å². The number of hydrogen-bond donors (Lipinski definition) is 2. The van der Waals surface area contributed by atoms with Gasteiger partial charge in [-0.1, -0.05) is 17.8 Å². The van der Waals surface area contributed by atoms with E-state index < -0.39 is 23.1 Å². The Morgan fingerprint density at radius 3 is 2.68 bits per heavy atom. The van der Waals surface area contributed by atoms with Gasteiger partial charge in [0.25, 0.3) is 11.1 Å². The number of benzene rings is 1. The number of halogens is 2. The lowest BCUT2D eigenvalue weighted by molar-refractivity contribution is -0.884. The molecule has 134 valence electrons. The Labute approximate surface area is 148 Å². The van der Waals surface area contributed by atoms with Crippen molar-refractivity contribution in [1.29, 1.82) is 0 Å². The lowest BCUT2D eigenvalue weighted by Crippen LogP contribution is -3.10. The van der Waals surface area contributed by atoms with Crippen LogP contribution in [-0.2, 0) is 6.54 Å². The molecule has 1 aromatic carbocycles. The van der Waals surface area contributed by atoms with Gasteiger partial charge in [-0.15, -0.1) is 10.2 Å². The predicted octanol–water partition coefficient (Wildman–Crippen LogP) is 1.05. The highest BCUT2D eigenvalue weighted by atomic mass is 32.2. The van der Waals surface area contributed by atoms with E-state index in [0.29, 0.717) is 5.22 Å². The van der Waals surface area contributed by atoms with Crippen molar-refractivity contribution in [3.05, 3.63) is 41.3 Å². The standard InChI is InChI=1S/C16H18F2N4O2S/c17-11-4-3-5-12(18)14(11)15(23)19-10-13-20-21-16(24-13)25-9-8-22-6-1-2-7-22/h3-5H,1-2,6-10H2,(H,19,23)/p+1. The lowest BCUT2D eigenvalue weighted by atomic mass is 10.2. The zero-order valence-electron chi connectivity index (χ0n) is 13.6. The van der Waals surface area contributed by atoms with Crippen LogP contribution in [0.1, 0.15) is 29.1 Å². The van der Waals surface area contributed by atoms with Crippen LogP contribution >= 0.6 is 11.8 Å². The van der Waals surface area contributed by atoms with Gasteiger partial charge in [0.2, 0.25) is 5.89 Å². The number of aromatic nitrogens is 2. The molecule has 25 heavy (non-hydrogen) atoms. The van der Waals surface area contributed by atoms with Crippen molar-refractivity contribution >= 4 is 17.7 Å². The molecule has 0 radical (unpaired) electrons. The van der Waals surface area contributed by atoms with E-state index in [2.05, 4.69) is 15.5 Å². The number of thioether (sulfide) groups is 1. The Balaban J connectivity index is 1.47. The van der Waals surface area contributed by atoms with Crippen LogP contribution in [0, 0.1) is 11.6 Å². The fourth-order valence-electron chi connectivity index (χ4n) is 2.73. The summed E-state index contributed by atoms with van der Waals surface area (Å²) in [6.07, 6.45) is 2.57. The molecule has 0 unspecified atom stereocenters. The van der Waals surface area contributed by atoms with Crippen LogP contribution in [0.25, 0.3) is 0 Å². The second-order valence-corrected chi connectivity index (χ2v) is 6.84. The van der Waals surface area contributed by atoms with Gasteiger partial charge < -0.3 is 14.6 Å². The zero-order chi connectivity index (χ0) is 17.6. The van der Waals surface area contributed by atoms with E-state index in [-0.39, 0.29) is 12.4 Å². The summed E-state index contributed by atoms with van der Waals surface area (Å²) in [4.78, 5) is 13.5. The third-order valence-corrected chi connectivity index (χ3v) is 4.85. The summed E-state index contributed by atoms with van der Waals surface area (Å²) >= 11 is 1.47. The number of likely N-dealkylation sites (tertiary alicyclic amines) is 1. The summed E-state index contributed by atoms with van der Waals surface area (Å²) < 4.78 is 32.5. The molecule has 1 amide bonds. The topological polar surface area (TPSA) is 72.5 Å². The molecule has 1 fully saturated rings. The Hall–Kier alpha value is -2.00. The van der Waals surface area contributed by atoms with E-state index in [1.165, 1.54) is 43.8 Å². The van der Waals surface area contributed by atoms with Crippen LogP contribution in [-0.4, -0.2) is 41.5 Å². The number of nitrogens with one attached hydrogen (secondary N) is 2. The van der Waals surface area contributed by atoms with Gasteiger partial charge in [-0.25, -0.2) is 8.78 Å². The zero-order valence-corrected chi connectivity index (χ0v) is 14.4. The quantitative estimate of drug-likeness (QED) is 0.714. The molecule has 0 bridgehead atoms. The maximum atomic E-state index is 13.5. The SMILES string of the molecule is O=C(NCc1nnc(SCC[NH+]2CCCC2)o1)c1c(F)cccc1F. The summed E-state index contributed by atoms with van der Waals surface area (Å²) in [6, 6.07) is 3.26. The van der Waals surface area contributed by atoms with Gasteiger partial charge in [0.05, 0.1) is 31.9 Å². The van der Waals surface area contributed by atoms with Gasteiger partial charge >= 0.3 is 0 Å². The monoisotopic (exact) mass is 369 g/mol. The summed E-state index contributed by atoms with van der Waals surface area (Å²) in [7, 11) is 0. The maximum absolute atomic E-state index is 13.5. The van der Waals surface area contributed by atoms with Crippen LogP contribution in [0.3, 0.4) is 0 Å². The molecule has 2 aromatic rings. The Bertz CT molecular complexity index is 714. The molecular weight excluding hydrogens is 350 g/mol. The second-order valence-electron chi connectivity index (χ2n) is 5.80. The largest absolute Gasteiger partial charge is 0.414 e. The maximum Gasteiger partial charge on any atom is 0.276 e. The summed E-state index contributed by atoms with van der Waals surface area (Å²) in [6.45, 7) is 3.39. The molecule has 2 N–H and O–H groups in total. The number of nitrogens with zero attached hydrogens (tertiary/aromatic N) is 2. The van der Waals surface area contributed by atoms with Gasteiger partial charge in [0.15, 0.2) is 0 Å². The highest BCUT2D eigenvalue weighted by molar-refractivity contribution is 7.99. The third kappa shape index (κ3) is 4.76. The van der Waals surface area contributed by atoms with Crippen molar-refractivity contribution in [3.8, 4) is 0 Å². The Kier molecular flexibility index (Phi) is 5.98. The van der Waals surface area contributed by atoms with Crippen LogP contribution in [0.2, 0.25) is 0 Å². The molecule has 6 nitrogen and oxygen atoms in total. The summed E-state index contributed by atoms with van der Waals surface area (Å²) in [5.41, 5.74) is -0.620. The van der Waals surface area contributed by atoms with Gasteiger partial charge in [-0.3, -0.25) is 4.79 Å². The van der Waals surface area contributed by atoms with Crippen molar-refractivity contribution in [2.24, 2.45) is 0 Å². The molecule has 0 saturated carbocycles. The molecule has 0 aliphatic carbocycles. The van der Waals surface area contributed by atoms with Crippen LogP contribution in [0.4, 0.5) is 8.78 Å². The molecule has 1 aliphatic rings. The predicted molar refractivity (Wildman–Crippen MR) is 87.3 cm³/mol. The molecule has 0 atom stereocenters. The van der Waals surface area contributed by atoms with Crippen molar-refractivity contribution in [2.75, 3.05) is 25.4 Å². The fourth-order valence-corrected chi connectivity index (χ4v) is 3.55. The van der Waals surface area contributed by atoms with Crippen LogP contribution in [0.15, 0.2) is 27.8 Å². The smallest absolute Gasteiger partial charge is 0.276 e. The number of amides is 1. The number of hydrogen-bond acceptors (Lipinski definition) is 5. The fraction of sp³-hybridized carbons (Fsp3) is 0.438. The average Bonchev–Trinajstić information content (AvgIpc) is 3.25. The van der Waals surface area contributed by atoms with E-state index >= 15 is 0 Å². The van der Waals surface area contributed by atoms with Gasteiger partial charge in [-0.05, 0) is 12.1 Å². The lowest BCUT2D eigenvalue weighted by Gasteiger charge is -2.09. The van der Waals surface area contributed by atoms with E-state index in [1.807, 2.05) is 0 Å². The summed E-state index contributed by atoms with van der Waals surface area (Å²) in [5, 5.41) is 10.5. The van der Waals surface area contributed by atoms with Crippen molar-refractivity contribution in [3.63, 3.8) is 0 Å². The molecule has 1 aromatic heterocycles. The highest BCUT2D eigenvalue weighted by Crippen LogP contribution is 2.15. The minimum atomic E-state index is -0.913. The second kappa shape index (κ2) is 8.39. The molecule has 1 aliphatic heterocycles. The Morgan fingerprint density at radius 2 is 1.96 bits per heavy atom. The van der Waals surface area contributed by atoms with E-state index in [9.17, 15) is 13.6 Å². The first-order valence-corrected chi connectivity index (χ1v) is 9.13. The van der Waals surface area contributed by atoms with E-state index in [0.717, 1.165) is 24.4 Å². The Morgan fingerprint density at radius 1 is 1.24 bits per heavy atom. The first kappa shape index (κ1) is 17.8. The molecule has 9 heteroatoms. The van der Waals surface area contributed by atoms with E-state index in [1.54, 1.807) is 4.90 Å². The van der Waals surface area contributed by atoms with Crippen molar-refractivity contribution in [2.45, 2.75) is 24.6 Å². The summed E-state index contributed by atoms with van der Waals surface area (Å²) in [5.74, 6) is -1.61. The van der Waals surface area contributed by atoms with E-state index in [4.69, 9.17) is 4.42 Å². The molecule has 3 rings (SSSR count). The number of rotatable bonds is 7. The van der Waals surface area contributed by atoms with Crippen molar-refractivity contribution in [1.82, 2.24) is 15.5 Å². The minimum Gasteiger partial charge on any atom is -0.414 e. The number of carbonyl (C=O) groups is 1. The molecular formula is C16H19F2N4O2S+. The van der Waals surface area contributed by atoms with Crippen molar-refractivity contribution < 1.29 is 22.9 Å². The van der Waals surface area contributed by atoms with Crippen LogP contribution in [0.5, 0.6) is 0 Å². The highest BCUT2D eigenvalue weighted by Gasteiger charge is 2.18. The molecule has 2 heterocycles. The number of carbonyl (C=O) groups excluding carboxylic acids is 1. The average molecular weight is 369 g/mol. The normalized spacial score (nSPS) is 14.8. The first-order chi connectivity index (χ1) is 12.1. The molecule has 0 spiro atoms. The van der Waals surface area contributed by atoms with Gasteiger partial charge in [0.1, 0.15) is 17.2 Å². The van der Waals surface area contributed by atoms with Gasteiger partial charge in [-0.2, -0.15) is 0 Å². The van der Waals surface area contributed by atoms with Gasteiger partial charge in [0, 0.05) is 12.8 Å².